The third-order valence-electron chi connectivity index (χ3n) is 2.24. The maximum atomic E-state index is 11.9. The van der Waals surface area contributed by atoms with E-state index in [0.29, 0.717) is 12.8 Å². The first-order valence-electron chi connectivity index (χ1n) is 6.97. The van der Waals surface area contributed by atoms with Crippen molar-refractivity contribution in [2.24, 2.45) is 5.73 Å². The zero-order valence-electron chi connectivity index (χ0n) is 13.4. The molecule has 118 valence electrons. The monoisotopic (exact) mass is 288 g/mol. The van der Waals surface area contributed by atoms with Gasteiger partial charge < -0.3 is 20.5 Å². The van der Waals surface area contributed by atoms with Crippen molar-refractivity contribution in [2.75, 3.05) is 0 Å². The van der Waals surface area contributed by atoms with Crippen LogP contribution in [0.15, 0.2) is 0 Å². The van der Waals surface area contributed by atoms with E-state index in [-0.39, 0.29) is 12.1 Å². The minimum atomic E-state index is -0.738. The zero-order chi connectivity index (χ0) is 15.9. The van der Waals surface area contributed by atoms with Gasteiger partial charge in [0.15, 0.2) is 0 Å². The minimum absolute atomic E-state index is 0.0511. The Kier molecular flexibility index (Phi) is 7.57. The molecule has 1 unspecified atom stereocenters. The second kappa shape index (κ2) is 8.09. The number of hydrogen-bond donors (Lipinski definition) is 2. The molecule has 2 atom stereocenters. The van der Waals surface area contributed by atoms with E-state index in [0.717, 1.165) is 0 Å². The average Bonchev–Trinajstić information content (AvgIpc) is 2.19. The van der Waals surface area contributed by atoms with Crippen LogP contribution in [0, 0.1) is 0 Å². The Labute approximate surface area is 121 Å². The lowest BCUT2D eigenvalue weighted by Crippen LogP contribution is -2.45. The van der Waals surface area contributed by atoms with Crippen LogP contribution in [-0.2, 0) is 14.3 Å². The van der Waals surface area contributed by atoms with Gasteiger partial charge in [-0.15, -0.1) is 0 Å². The van der Waals surface area contributed by atoms with Crippen LogP contribution in [0.4, 0.5) is 4.79 Å². The molecular weight excluding hydrogens is 260 g/mol. The number of hydrogen-bond acceptors (Lipinski definition) is 5. The molecule has 0 saturated heterocycles. The van der Waals surface area contributed by atoms with Crippen molar-refractivity contribution in [3.8, 4) is 0 Å². The average molecular weight is 288 g/mol. The number of amides is 1. The molecule has 0 aromatic rings. The summed E-state index contributed by atoms with van der Waals surface area (Å²) in [5.41, 5.74) is 5.07. The van der Waals surface area contributed by atoms with Crippen molar-refractivity contribution in [2.45, 2.75) is 78.2 Å². The summed E-state index contributed by atoms with van der Waals surface area (Å²) < 4.78 is 10.3. The van der Waals surface area contributed by atoms with E-state index >= 15 is 0 Å². The number of alkyl carbamates (subject to hydrolysis) is 1. The van der Waals surface area contributed by atoms with Gasteiger partial charge in [-0.3, -0.25) is 0 Å². The second-order valence-electron chi connectivity index (χ2n) is 6.24. The Bertz CT molecular complexity index is 322. The molecule has 20 heavy (non-hydrogen) atoms. The van der Waals surface area contributed by atoms with Crippen LogP contribution in [0.1, 0.15) is 54.4 Å². The Balaban J connectivity index is 4.59. The molecule has 0 heterocycles. The molecule has 0 aliphatic rings. The van der Waals surface area contributed by atoms with Crippen LogP contribution in [0.3, 0.4) is 0 Å². The summed E-state index contributed by atoms with van der Waals surface area (Å²) in [4.78, 5) is 23.7. The zero-order valence-corrected chi connectivity index (χ0v) is 13.4. The van der Waals surface area contributed by atoms with Crippen LogP contribution in [0.25, 0.3) is 0 Å². The van der Waals surface area contributed by atoms with Gasteiger partial charge >= 0.3 is 12.1 Å². The number of nitrogens with two attached hydrogens (primary N) is 1. The number of esters is 1. The lowest BCUT2D eigenvalue weighted by Gasteiger charge is -2.23. The van der Waals surface area contributed by atoms with Gasteiger partial charge in [-0.05, 0) is 54.4 Å². The summed E-state index contributed by atoms with van der Waals surface area (Å²) in [6.45, 7) is 10.6. The van der Waals surface area contributed by atoms with Gasteiger partial charge in [-0.2, -0.15) is 0 Å². The Hall–Kier alpha value is -1.30. The summed E-state index contributed by atoms with van der Waals surface area (Å²) in [5.74, 6) is -0.466. The molecular formula is C14H28N2O4. The van der Waals surface area contributed by atoms with E-state index in [2.05, 4.69) is 5.32 Å². The highest BCUT2D eigenvalue weighted by atomic mass is 16.6. The Morgan fingerprint density at radius 3 is 2.10 bits per heavy atom. The third-order valence-corrected chi connectivity index (χ3v) is 2.24. The molecule has 0 aliphatic carbocycles. The van der Waals surface area contributed by atoms with Gasteiger partial charge in [0.1, 0.15) is 11.6 Å². The highest BCUT2D eigenvalue weighted by Crippen LogP contribution is 2.09. The summed E-state index contributed by atoms with van der Waals surface area (Å²) in [7, 11) is 0. The lowest BCUT2D eigenvalue weighted by molar-refractivity contribution is -0.150. The molecule has 0 rings (SSSR count). The van der Waals surface area contributed by atoms with Gasteiger partial charge in [0.25, 0.3) is 0 Å². The van der Waals surface area contributed by atoms with Crippen LogP contribution in [0.5, 0.6) is 0 Å². The first-order chi connectivity index (χ1) is 9.01. The molecule has 0 saturated carbocycles. The SMILES string of the molecule is CC(N)CC[C@@H](NC(=O)OC(C)(C)C)C(=O)OC(C)C. The van der Waals surface area contributed by atoms with Crippen molar-refractivity contribution in [3.05, 3.63) is 0 Å². The minimum Gasteiger partial charge on any atom is -0.461 e. The van der Waals surface area contributed by atoms with Crippen molar-refractivity contribution >= 4 is 12.1 Å². The first-order valence-corrected chi connectivity index (χ1v) is 6.97. The van der Waals surface area contributed by atoms with Crippen LogP contribution < -0.4 is 11.1 Å². The van der Waals surface area contributed by atoms with Crippen molar-refractivity contribution in [1.82, 2.24) is 5.32 Å². The molecule has 0 radical (unpaired) electrons. The fourth-order valence-corrected chi connectivity index (χ4v) is 1.44. The number of carbonyl (C=O) groups excluding carboxylic acids is 2. The predicted molar refractivity (Wildman–Crippen MR) is 77.3 cm³/mol. The summed E-state index contributed by atoms with van der Waals surface area (Å²) >= 11 is 0. The largest absolute Gasteiger partial charge is 0.461 e. The molecule has 0 spiro atoms. The van der Waals surface area contributed by atoms with Crippen molar-refractivity contribution in [3.63, 3.8) is 0 Å². The van der Waals surface area contributed by atoms with E-state index in [9.17, 15) is 9.59 Å². The predicted octanol–water partition coefficient (Wildman–Crippen LogP) is 1.96. The summed E-state index contributed by atoms with van der Waals surface area (Å²) in [5, 5.41) is 2.54. The van der Waals surface area contributed by atoms with Crippen molar-refractivity contribution in [1.29, 1.82) is 0 Å². The maximum absolute atomic E-state index is 11.9. The number of rotatable bonds is 6. The van der Waals surface area contributed by atoms with Gasteiger partial charge in [-0.1, -0.05) is 0 Å². The smallest absolute Gasteiger partial charge is 0.408 e. The molecule has 6 nitrogen and oxygen atoms in total. The second-order valence-corrected chi connectivity index (χ2v) is 6.24. The standard InChI is InChI=1S/C14H28N2O4/c1-9(2)19-12(17)11(8-7-10(3)15)16-13(18)20-14(4,5)6/h9-11H,7-8,15H2,1-6H3,(H,16,18)/t10?,11-/m1/s1. The van der Waals surface area contributed by atoms with Gasteiger partial charge in [0.2, 0.25) is 0 Å². The molecule has 3 N–H and O–H groups in total. The fraction of sp³-hybridized carbons (Fsp3) is 0.857. The number of carbonyl (C=O) groups is 2. The van der Waals surface area contributed by atoms with E-state index in [1.807, 2.05) is 6.92 Å². The van der Waals surface area contributed by atoms with E-state index < -0.39 is 23.7 Å². The van der Waals surface area contributed by atoms with Crippen molar-refractivity contribution < 1.29 is 19.1 Å². The Morgan fingerprint density at radius 2 is 1.70 bits per heavy atom. The van der Waals surface area contributed by atoms with Crippen LogP contribution in [0.2, 0.25) is 0 Å². The maximum Gasteiger partial charge on any atom is 0.408 e. The van der Waals surface area contributed by atoms with Gasteiger partial charge in [0, 0.05) is 6.04 Å². The molecule has 0 aromatic carbocycles. The van der Waals surface area contributed by atoms with Gasteiger partial charge in [0.05, 0.1) is 6.10 Å². The summed E-state index contributed by atoms with van der Waals surface area (Å²) in [6, 6.07) is -0.789. The quantitative estimate of drug-likeness (QED) is 0.729. The molecule has 1 amide bonds. The summed E-state index contributed by atoms with van der Waals surface area (Å²) in [6.07, 6.45) is 0.157. The Morgan fingerprint density at radius 1 is 1.15 bits per heavy atom. The van der Waals surface area contributed by atoms with Crippen LogP contribution >= 0.6 is 0 Å². The molecule has 0 fully saturated rings. The molecule has 0 aliphatic heterocycles. The lowest BCUT2D eigenvalue weighted by atomic mass is 10.1. The first kappa shape index (κ1) is 18.7. The normalized spacial score (nSPS) is 14.6. The van der Waals surface area contributed by atoms with Gasteiger partial charge in [-0.25, -0.2) is 9.59 Å². The van der Waals surface area contributed by atoms with E-state index in [1.54, 1.807) is 34.6 Å². The third kappa shape index (κ3) is 9.61. The molecule has 6 heteroatoms. The number of ether oxygens (including phenoxy) is 2. The fourth-order valence-electron chi connectivity index (χ4n) is 1.44. The highest BCUT2D eigenvalue weighted by Gasteiger charge is 2.26. The molecule has 0 bridgehead atoms. The van der Waals surface area contributed by atoms with Crippen LogP contribution in [-0.4, -0.2) is 35.9 Å². The highest BCUT2D eigenvalue weighted by molar-refractivity contribution is 5.81. The molecule has 0 aromatic heterocycles. The van der Waals surface area contributed by atoms with E-state index in [1.165, 1.54) is 0 Å². The van der Waals surface area contributed by atoms with E-state index in [4.69, 9.17) is 15.2 Å². The topological polar surface area (TPSA) is 90.6 Å². The number of nitrogens with one attached hydrogen (secondary N) is 1.